The van der Waals surface area contributed by atoms with Gasteiger partial charge in [0.2, 0.25) is 0 Å². The summed E-state index contributed by atoms with van der Waals surface area (Å²) in [5.41, 5.74) is 0. The third-order valence-electron chi connectivity index (χ3n) is 2.42. The minimum atomic E-state index is 0.400. The highest BCUT2D eigenvalue weighted by Gasteiger charge is 2.34. The second kappa shape index (κ2) is 1.96. The summed E-state index contributed by atoms with van der Waals surface area (Å²) in [5.74, 6) is 0. The Labute approximate surface area is 55.8 Å². The summed E-state index contributed by atoms with van der Waals surface area (Å²) in [4.78, 5) is 2.46. The van der Waals surface area contributed by atoms with Gasteiger partial charge in [-0.25, -0.2) is 0 Å². The Morgan fingerprint density at radius 1 is 1.56 bits per heavy atom. The van der Waals surface area contributed by atoms with Crippen molar-refractivity contribution in [3.8, 4) is 0 Å². The van der Waals surface area contributed by atoms with E-state index < -0.39 is 0 Å². The molecule has 2 heterocycles. The fraction of sp³-hybridized carbons (Fsp3) is 1.00. The smallest absolute Gasteiger partial charge is 0.108 e. The minimum Gasteiger partial charge on any atom is -0.362 e. The van der Waals surface area contributed by atoms with E-state index in [0.29, 0.717) is 6.23 Å². The zero-order chi connectivity index (χ0) is 6.27. The average molecular weight is 127 g/mol. The molecule has 0 aromatic heterocycles. The van der Waals surface area contributed by atoms with Crippen molar-refractivity contribution < 1.29 is 4.74 Å². The summed E-state index contributed by atoms with van der Waals surface area (Å²) in [6, 6.07) is 0.764. The van der Waals surface area contributed by atoms with Crippen LogP contribution in [0.4, 0.5) is 0 Å². The maximum absolute atomic E-state index is 5.45. The first-order valence-corrected chi connectivity index (χ1v) is 3.75. The van der Waals surface area contributed by atoms with E-state index in [1.165, 1.54) is 19.4 Å². The maximum Gasteiger partial charge on any atom is 0.108 e. The summed E-state index contributed by atoms with van der Waals surface area (Å²) < 4.78 is 5.45. The SMILES string of the molecule is C[C@H]1OC[C@H]2CCCN21. The van der Waals surface area contributed by atoms with Crippen molar-refractivity contribution >= 4 is 0 Å². The lowest BCUT2D eigenvalue weighted by Crippen LogP contribution is -2.29. The molecule has 0 saturated carbocycles. The standard InChI is InChI=1S/C7H13NO/c1-6-8-4-2-3-7(8)5-9-6/h6-7H,2-5H2,1H3/t6-,7-/m1/s1. The van der Waals surface area contributed by atoms with Crippen LogP contribution in [-0.2, 0) is 4.74 Å². The highest BCUT2D eigenvalue weighted by atomic mass is 16.5. The van der Waals surface area contributed by atoms with Crippen LogP contribution in [0, 0.1) is 0 Å². The highest BCUT2D eigenvalue weighted by molar-refractivity contribution is 4.84. The Hall–Kier alpha value is -0.0800. The molecule has 52 valence electrons. The van der Waals surface area contributed by atoms with Crippen LogP contribution in [0.2, 0.25) is 0 Å². The molecule has 0 aromatic carbocycles. The lowest BCUT2D eigenvalue weighted by molar-refractivity contribution is 0.0523. The van der Waals surface area contributed by atoms with Crippen LogP contribution in [0.5, 0.6) is 0 Å². The summed E-state index contributed by atoms with van der Waals surface area (Å²) >= 11 is 0. The molecule has 9 heavy (non-hydrogen) atoms. The van der Waals surface area contributed by atoms with E-state index in [1.807, 2.05) is 0 Å². The van der Waals surface area contributed by atoms with Crippen molar-refractivity contribution in [2.75, 3.05) is 13.2 Å². The van der Waals surface area contributed by atoms with Crippen LogP contribution < -0.4 is 0 Å². The molecule has 0 N–H and O–H groups in total. The summed E-state index contributed by atoms with van der Waals surface area (Å²) in [7, 11) is 0. The van der Waals surface area contributed by atoms with Gasteiger partial charge in [0.25, 0.3) is 0 Å². The number of ether oxygens (including phenoxy) is 1. The quantitative estimate of drug-likeness (QED) is 0.478. The van der Waals surface area contributed by atoms with Crippen molar-refractivity contribution in [3.63, 3.8) is 0 Å². The molecule has 0 aromatic rings. The summed E-state index contributed by atoms with van der Waals surface area (Å²) in [6.07, 6.45) is 3.13. The van der Waals surface area contributed by atoms with Gasteiger partial charge in [0.1, 0.15) is 6.23 Å². The molecule has 2 rings (SSSR count). The normalized spacial score (nSPS) is 43.7. The zero-order valence-corrected chi connectivity index (χ0v) is 5.84. The Kier molecular flexibility index (Phi) is 1.24. The van der Waals surface area contributed by atoms with Crippen LogP contribution in [0.1, 0.15) is 19.8 Å². The number of hydrogen-bond acceptors (Lipinski definition) is 2. The van der Waals surface area contributed by atoms with E-state index in [1.54, 1.807) is 0 Å². The van der Waals surface area contributed by atoms with Crippen LogP contribution >= 0.6 is 0 Å². The van der Waals surface area contributed by atoms with Gasteiger partial charge in [0.15, 0.2) is 0 Å². The predicted octanol–water partition coefficient (Wildman–Crippen LogP) is 0.827. The molecule has 0 bridgehead atoms. The molecule has 2 heteroatoms. The van der Waals surface area contributed by atoms with Gasteiger partial charge in [-0.2, -0.15) is 0 Å². The molecule has 0 amide bonds. The first-order valence-electron chi connectivity index (χ1n) is 3.75. The monoisotopic (exact) mass is 127 g/mol. The largest absolute Gasteiger partial charge is 0.362 e. The third-order valence-corrected chi connectivity index (χ3v) is 2.42. The lowest BCUT2D eigenvalue weighted by Gasteiger charge is -2.16. The molecule has 2 atom stereocenters. The van der Waals surface area contributed by atoms with Crippen molar-refractivity contribution in [3.05, 3.63) is 0 Å². The molecular weight excluding hydrogens is 114 g/mol. The van der Waals surface area contributed by atoms with Gasteiger partial charge >= 0.3 is 0 Å². The second-order valence-electron chi connectivity index (χ2n) is 2.97. The molecule has 2 fully saturated rings. The van der Waals surface area contributed by atoms with Gasteiger partial charge < -0.3 is 4.74 Å². The van der Waals surface area contributed by atoms with Gasteiger partial charge in [-0.3, -0.25) is 4.90 Å². The first-order chi connectivity index (χ1) is 4.38. The first kappa shape index (κ1) is 5.69. The second-order valence-corrected chi connectivity index (χ2v) is 2.97. The van der Waals surface area contributed by atoms with E-state index in [4.69, 9.17) is 4.74 Å². The molecule has 2 nitrogen and oxygen atoms in total. The Morgan fingerprint density at radius 2 is 2.44 bits per heavy atom. The third kappa shape index (κ3) is 0.775. The van der Waals surface area contributed by atoms with Crippen molar-refractivity contribution in [2.45, 2.75) is 32.0 Å². The van der Waals surface area contributed by atoms with E-state index in [9.17, 15) is 0 Å². The predicted molar refractivity (Wildman–Crippen MR) is 35.1 cm³/mol. The van der Waals surface area contributed by atoms with Crippen molar-refractivity contribution in [1.29, 1.82) is 0 Å². The summed E-state index contributed by atoms with van der Waals surface area (Å²) in [5, 5.41) is 0. The van der Waals surface area contributed by atoms with Gasteiger partial charge in [0, 0.05) is 12.6 Å². The fourth-order valence-electron chi connectivity index (χ4n) is 1.86. The fourth-order valence-corrected chi connectivity index (χ4v) is 1.86. The van der Waals surface area contributed by atoms with E-state index >= 15 is 0 Å². The van der Waals surface area contributed by atoms with Crippen molar-refractivity contribution in [2.24, 2.45) is 0 Å². The van der Waals surface area contributed by atoms with Gasteiger partial charge in [0.05, 0.1) is 6.61 Å². The Balaban J connectivity index is 2.07. The number of fused-ring (bicyclic) bond motifs is 1. The molecule has 0 unspecified atom stereocenters. The minimum absolute atomic E-state index is 0.400. The van der Waals surface area contributed by atoms with Crippen molar-refractivity contribution in [1.82, 2.24) is 4.90 Å². The Morgan fingerprint density at radius 3 is 3.22 bits per heavy atom. The Bertz CT molecular complexity index is 115. The molecule has 0 radical (unpaired) electrons. The number of rotatable bonds is 0. The number of nitrogens with zero attached hydrogens (tertiary/aromatic N) is 1. The van der Waals surface area contributed by atoms with Crippen LogP contribution in [0.3, 0.4) is 0 Å². The summed E-state index contributed by atoms with van der Waals surface area (Å²) in [6.45, 7) is 4.37. The van der Waals surface area contributed by atoms with E-state index in [-0.39, 0.29) is 0 Å². The molecule has 2 saturated heterocycles. The molecule has 0 spiro atoms. The lowest BCUT2D eigenvalue weighted by atomic mass is 10.2. The molecule has 2 aliphatic rings. The van der Waals surface area contributed by atoms with Crippen LogP contribution in [-0.4, -0.2) is 30.3 Å². The molecular formula is C7H13NO. The van der Waals surface area contributed by atoms with Gasteiger partial charge in [-0.15, -0.1) is 0 Å². The van der Waals surface area contributed by atoms with Gasteiger partial charge in [-0.1, -0.05) is 0 Å². The number of hydrogen-bond donors (Lipinski definition) is 0. The zero-order valence-electron chi connectivity index (χ0n) is 5.84. The van der Waals surface area contributed by atoms with E-state index in [0.717, 1.165) is 12.6 Å². The van der Waals surface area contributed by atoms with Crippen LogP contribution in [0.15, 0.2) is 0 Å². The average Bonchev–Trinajstić information content (AvgIpc) is 2.35. The van der Waals surface area contributed by atoms with Gasteiger partial charge in [-0.05, 0) is 19.8 Å². The van der Waals surface area contributed by atoms with Crippen LogP contribution in [0.25, 0.3) is 0 Å². The maximum atomic E-state index is 5.45. The topological polar surface area (TPSA) is 12.5 Å². The molecule has 0 aliphatic carbocycles. The molecule has 2 aliphatic heterocycles. The van der Waals surface area contributed by atoms with E-state index in [2.05, 4.69) is 11.8 Å². The highest BCUT2D eigenvalue weighted by Crippen LogP contribution is 2.26.